The van der Waals surface area contributed by atoms with Crippen LogP contribution in [-0.4, -0.2) is 64.1 Å². The first-order chi connectivity index (χ1) is 16.5. The van der Waals surface area contributed by atoms with Crippen molar-refractivity contribution in [1.29, 1.82) is 0 Å². The van der Waals surface area contributed by atoms with E-state index < -0.39 is 9.84 Å². The van der Waals surface area contributed by atoms with Crippen molar-refractivity contribution in [2.45, 2.75) is 36.9 Å². The molecule has 2 saturated heterocycles. The van der Waals surface area contributed by atoms with Crippen LogP contribution < -0.4 is 15.1 Å². The highest BCUT2D eigenvalue weighted by molar-refractivity contribution is 7.91. The largest absolute Gasteiger partial charge is 0.378 e. The third-order valence-electron chi connectivity index (χ3n) is 7.19. The van der Waals surface area contributed by atoms with Gasteiger partial charge in [0.2, 0.25) is 0 Å². The minimum Gasteiger partial charge on any atom is -0.378 e. The molecule has 0 spiro atoms. The molecule has 4 heterocycles. The molecule has 2 aromatic carbocycles. The molecule has 3 aromatic rings. The number of aryl methyl sites for hydroxylation is 1. The summed E-state index contributed by atoms with van der Waals surface area (Å²) in [4.78, 5) is 10.0. The maximum atomic E-state index is 12.9. The van der Waals surface area contributed by atoms with Crippen molar-refractivity contribution in [2.75, 3.05) is 48.4 Å². The van der Waals surface area contributed by atoms with Crippen molar-refractivity contribution in [1.82, 2.24) is 10.3 Å². The monoisotopic (exact) mass is 478 g/mol. The number of anilines is 2. The van der Waals surface area contributed by atoms with E-state index in [2.05, 4.69) is 46.3 Å². The summed E-state index contributed by atoms with van der Waals surface area (Å²) in [6, 6.07) is 16.8. The molecule has 0 bridgehead atoms. The van der Waals surface area contributed by atoms with Gasteiger partial charge in [0.1, 0.15) is 5.82 Å². The molecular formula is C26H30N4O3S. The van der Waals surface area contributed by atoms with Crippen LogP contribution in [0.15, 0.2) is 53.4 Å². The zero-order valence-electron chi connectivity index (χ0n) is 19.4. The number of hydrogen-bond donors (Lipinski definition) is 1. The summed E-state index contributed by atoms with van der Waals surface area (Å²) in [5, 5.41) is 4.87. The van der Waals surface area contributed by atoms with Crippen molar-refractivity contribution in [2.24, 2.45) is 0 Å². The zero-order valence-corrected chi connectivity index (χ0v) is 20.2. The maximum Gasteiger partial charge on any atom is 0.180 e. The number of nitrogens with zero attached hydrogens (tertiary/aromatic N) is 3. The number of fused-ring (bicyclic) bond motifs is 2. The zero-order chi connectivity index (χ0) is 23.3. The molecule has 0 radical (unpaired) electrons. The molecular weight excluding hydrogens is 448 g/mol. The third kappa shape index (κ3) is 4.04. The van der Waals surface area contributed by atoms with Gasteiger partial charge in [-0.15, -0.1) is 0 Å². The molecule has 3 aliphatic rings. The second-order valence-electron chi connectivity index (χ2n) is 9.70. The second-order valence-corrected chi connectivity index (χ2v) is 11.8. The highest BCUT2D eigenvalue weighted by Crippen LogP contribution is 2.34. The standard InChI is InChI=1S/C26H30N4O3S/c1-18-6-7-23-22(12-18)24(29-9-8-20(15-29)27-21-16-33-17-21)13-26(28-23)30-10-11-34(31,32)25-5-3-2-4-19(25)14-30/h2-7,12-13,20-21,27H,8-11,14-17H2,1H3. The summed E-state index contributed by atoms with van der Waals surface area (Å²) in [6.07, 6.45) is 1.09. The van der Waals surface area contributed by atoms with Crippen LogP contribution in [0.25, 0.3) is 10.9 Å². The lowest BCUT2D eigenvalue weighted by atomic mass is 10.1. The Bertz CT molecular complexity index is 1340. The van der Waals surface area contributed by atoms with E-state index >= 15 is 0 Å². The Morgan fingerprint density at radius 3 is 2.71 bits per heavy atom. The van der Waals surface area contributed by atoms with Gasteiger partial charge >= 0.3 is 0 Å². The average Bonchev–Trinajstić information content (AvgIpc) is 3.22. The van der Waals surface area contributed by atoms with Crippen LogP contribution in [0.5, 0.6) is 0 Å². The summed E-state index contributed by atoms with van der Waals surface area (Å²) >= 11 is 0. The lowest BCUT2D eigenvalue weighted by molar-refractivity contribution is -0.00895. The third-order valence-corrected chi connectivity index (χ3v) is 8.98. The van der Waals surface area contributed by atoms with Gasteiger partial charge in [-0.25, -0.2) is 13.4 Å². The molecule has 1 aromatic heterocycles. The summed E-state index contributed by atoms with van der Waals surface area (Å²) in [5.74, 6) is 0.925. The second kappa shape index (κ2) is 8.52. The van der Waals surface area contributed by atoms with Crippen molar-refractivity contribution >= 4 is 32.2 Å². The molecule has 3 aliphatic heterocycles. The van der Waals surface area contributed by atoms with Crippen LogP contribution in [0.2, 0.25) is 0 Å². The van der Waals surface area contributed by atoms with E-state index in [0.717, 1.165) is 55.0 Å². The summed E-state index contributed by atoms with van der Waals surface area (Å²) in [5.41, 5.74) is 4.17. The van der Waals surface area contributed by atoms with Crippen LogP contribution >= 0.6 is 0 Å². The molecule has 1 unspecified atom stereocenters. The van der Waals surface area contributed by atoms with Crippen molar-refractivity contribution in [3.8, 4) is 0 Å². The number of ether oxygens (including phenoxy) is 1. The first-order valence-corrected chi connectivity index (χ1v) is 13.7. The van der Waals surface area contributed by atoms with E-state index in [1.807, 2.05) is 12.1 Å². The van der Waals surface area contributed by atoms with Crippen molar-refractivity contribution in [3.63, 3.8) is 0 Å². The first kappa shape index (κ1) is 21.8. The van der Waals surface area contributed by atoms with Gasteiger partial charge in [0.15, 0.2) is 9.84 Å². The Morgan fingerprint density at radius 2 is 1.88 bits per heavy atom. The SMILES string of the molecule is Cc1ccc2nc(N3CCS(=O)(=O)c4ccccc4C3)cc(N3CCC(NC4COC4)C3)c2c1. The van der Waals surface area contributed by atoms with Gasteiger partial charge < -0.3 is 19.9 Å². The van der Waals surface area contributed by atoms with Crippen molar-refractivity contribution in [3.05, 3.63) is 59.7 Å². The number of pyridine rings is 1. The predicted octanol–water partition coefficient (Wildman–Crippen LogP) is 2.90. The van der Waals surface area contributed by atoms with Crippen LogP contribution in [0, 0.1) is 6.92 Å². The van der Waals surface area contributed by atoms with E-state index in [1.54, 1.807) is 12.1 Å². The van der Waals surface area contributed by atoms with Gasteiger partial charge in [0, 0.05) is 49.4 Å². The fraction of sp³-hybridized carbons (Fsp3) is 0.423. The van der Waals surface area contributed by atoms with Gasteiger partial charge in [-0.3, -0.25) is 0 Å². The Morgan fingerprint density at radius 1 is 1.03 bits per heavy atom. The molecule has 7 nitrogen and oxygen atoms in total. The quantitative estimate of drug-likeness (QED) is 0.618. The van der Waals surface area contributed by atoms with Crippen molar-refractivity contribution < 1.29 is 13.2 Å². The summed E-state index contributed by atoms with van der Waals surface area (Å²) in [7, 11) is -3.31. The fourth-order valence-corrected chi connectivity index (χ4v) is 6.77. The van der Waals surface area contributed by atoms with E-state index in [9.17, 15) is 8.42 Å². The van der Waals surface area contributed by atoms with Gasteiger partial charge in [0.25, 0.3) is 0 Å². The fourth-order valence-electron chi connectivity index (χ4n) is 5.27. The Labute approximate surface area is 200 Å². The number of rotatable bonds is 4. The molecule has 0 amide bonds. The molecule has 8 heteroatoms. The van der Waals surface area contributed by atoms with Gasteiger partial charge in [0.05, 0.1) is 35.4 Å². The highest BCUT2D eigenvalue weighted by Gasteiger charge is 2.30. The molecule has 178 valence electrons. The lowest BCUT2D eigenvalue weighted by Gasteiger charge is -2.30. The highest BCUT2D eigenvalue weighted by atomic mass is 32.2. The number of sulfone groups is 1. The van der Waals surface area contributed by atoms with Crippen LogP contribution in [0.4, 0.5) is 11.5 Å². The molecule has 0 saturated carbocycles. The summed E-state index contributed by atoms with van der Waals surface area (Å²) in [6.45, 7) is 6.60. The molecule has 2 fully saturated rings. The number of hydrogen-bond acceptors (Lipinski definition) is 7. The normalized spacial score (nSPS) is 22.4. The molecule has 6 rings (SSSR count). The van der Waals surface area contributed by atoms with Crippen LogP contribution in [0.1, 0.15) is 17.5 Å². The lowest BCUT2D eigenvalue weighted by Crippen LogP contribution is -2.51. The number of aromatic nitrogens is 1. The number of nitrogens with one attached hydrogen (secondary N) is 1. The predicted molar refractivity (Wildman–Crippen MR) is 134 cm³/mol. The van der Waals surface area contributed by atoms with Crippen LogP contribution in [0.3, 0.4) is 0 Å². The van der Waals surface area contributed by atoms with Gasteiger partial charge in [-0.05, 0) is 37.1 Å². The van der Waals surface area contributed by atoms with E-state index in [0.29, 0.717) is 30.1 Å². The Kier molecular flexibility index (Phi) is 5.47. The Hall–Kier alpha value is -2.68. The summed E-state index contributed by atoms with van der Waals surface area (Å²) < 4.78 is 31.1. The first-order valence-electron chi connectivity index (χ1n) is 12.0. The smallest absolute Gasteiger partial charge is 0.180 e. The Balaban J connectivity index is 1.37. The van der Waals surface area contributed by atoms with E-state index in [4.69, 9.17) is 9.72 Å². The van der Waals surface area contributed by atoms with Gasteiger partial charge in [-0.1, -0.05) is 29.8 Å². The van der Waals surface area contributed by atoms with E-state index in [-0.39, 0.29) is 5.75 Å². The van der Waals surface area contributed by atoms with E-state index in [1.165, 1.54) is 11.3 Å². The molecule has 1 N–H and O–H groups in total. The number of benzene rings is 2. The molecule has 1 atom stereocenters. The minimum atomic E-state index is -3.31. The maximum absolute atomic E-state index is 12.9. The molecule has 34 heavy (non-hydrogen) atoms. The van der Waals surface area contributed by atoms with Crippen LogP contribution in [-0.2, 0) is 21.1 Å². The average molecular weight is 479 g/mol. The molecule has 0 aliphatic carbocycles. The minimum absolute atomic E-state index is 0.0894. The van der Waals surface area contributed by atoms with Gasteiger partial charge in [-0.2, -0.15) is 0 Å². The topological polar surface area (TPSA) is 74.8 Å².